The van der Waals surface area contributed by atoms with Crippen LogP contribution in [0.5, 0.6) is 0 Å². The Balaban J connectivity index is 2.00. The quantitative estimate of drug-likeness (QED) is 0.721. The summed E-state index contributed by atoms with van der Waals surface area (Å²) in [5, 5.41) is 4.79. The highest BCUT2D eigenvalue weighted by atomic mass is 35.5. The maximum Gasteiger partial charge on any atom is 0.217 e. The van der Waals surface area contributed by atoms with E-state index in [0.717, 1.165) is 5.69 Å². The molecule has 0 aliphatic rings. The Labute approximate surface area is 108 Å². The van der Waals surface area contributed by atoms with Crippen molar-refractivity contribution in [3.8, 4) is 0 Å². The molecule has 0 aliphatic heterocycles. The van der Waals surface area contributed by atoms with Gasteiger partial charge < -0.3 is 10.2 Å². The van der Waals surface area contributed by atoms with E-state index in [-0.39, 0.29) is 0 Å². The third-order valence-corrected chi connectivity index (χ3v) is 3.19. The topological polar surface area (TPSA) is 69.9 Å². The molecule has 0 aliphatic carbocycles. The summed E-state index contributed by atoms with van der Waals surface area (Å²) in [6.07, 6.45) is 1.61. The summed E-state index contributed by atoms with van der Waals surface area (Å²) in [6.45, 7) is 2.33. The highest BCUT2D eigenvalue weighted by molar-refractivity contribution is 6.31. The van der Waals surface area contributed by atoms with Crippen molar-refractivity contribution in [3.05, 3.63) is 41.0 Å². The number of rotatable bonds is 2. The van der Waals surface area contributed by atoms with E-state index in [1.807, 2.05) is 19.1 Å². The summed E-state index contributed by atoms with van der Waals surface area (Å²) in [5.74, 6) is 0.561. The number of fused-ring (bicyclic) bond motifs is 1. The third-order valence-electron chi connectivity index (χ3n) is 2.82. The molecule has 3 aromatic rings. The zero-order chi connectivity index (χ0) is 12.7. The van der Waals surface area contributed by atoms with Crippen LogP contribution in [0.15, 0.2) is 28.8 Å². The molecule has 2 aromatic heterocycles. The molecule has 18 heavy (non-hydrogen) atoms. The highest BCUT2D eigenvalue weighted by Crippen LogP contribution is 2.22. The molecule has 5 nitrogen and oxygen atoms in total. The predicted molar refractivity (Wildman–Crippen MR) is 69.5 cm³/mol. The minimum atomic E-state index is 0.437. The molecule has 2 heterocycles. The van der Waals surface area contributed by atoms with E-state index in [9.17, 15) is 0 Å². The number of aromatic nitrogens is 3. The standard InChI is InChI=1S/C12H11ClN4O/c1-7-8(13)5-15-17(7)6-11-16-12-9(14)3-2-4-10(12)18-11/h2-5H,6,14H2,1H3. The number of halogens is 1. The number of nitrogens with two attached hydrogens (primary N) is 1. The maximum absolute atomic E-state index is 5.95. The van der Waals surface area contributed by atoms with E-state index in [2.05, 4.69) is 10.1 Å². The summed E-state index contributed by atoms with van der Waals surface area (Å²) in [4.78, 5) is 4.36. The van der Waals surface area contributed by atoms with Crippen molar-refractivity contribution in [2.45, 2.75) is 13.5 Å². The van der Waals surface area contributed by atoms with Gasteiger partial charge in [0.15, 0.2) is 5.58 Å². The number of anilines is 1. The van der Waals surface area contributed by atoms with Crippen LogP contribution in [0.3, 0.4) is 0 Å². The number of hydrogen-bond acceptors (Lipinski definition) is 4. The SMILES string of the molecule is Cc1c(Cl)cnn1Cc1nc2c(N)cccc2o1. The Morgan fingerprint density at radius 2 is 2.28 bits per heavy atom. The molecule has 0 spiro atoms. The molecule has 0 amide bonds. The number of hydrogen-bond donors (Lipinski definition) is 1. The first kappa shape index (κ1) is 11.1. The molecular weight excluding hydrogens is 252 g/mol. The Morgan fingerprint density at radius 1 is 1.44 bits per heavy atom. The van der Waals surface area contributed by atoms with Crippen molar-refractivity contribution >= 4 is 28.4 Å². The lowest BCUT2D eigenvalue weighted by molar-refractivity contribution is 0.487. The minimum Gasteiger partial charge on any atom is -0.439 e. The fraction of sp³-hybridized carbons (Fsp3) is 0.167. The number of oxazole rings is 1. The molecular formula is C12H11ClN4O. The van der Waals surface area contributed by atoms with Gasteiger partial charge in [0, 0.05) is 0 Å². The molecule has 92 valence electrons. The van der Waals surface area contributed by atoms with E-state index >= 15 is 0 Å². The first-order valence-corrected chi connectivity index (χ1v) is 5.85. The Kier molecular flexibility index (Phi) is 2.48. The molecule has 0 unspecified atom stereocenters. The lowest BCUT2D eigenvalue weighted by atomic mass is 10.3. The lowest BCUT2D eigenvalue weighted by Gasteiger charge is -1.99. The smallest absolute Gasteiger partial charge is 0.217 e. The van der Waals surface area contributed by atoms with E-state index in [0.29, 0.717) is 34.2 Å². The molecule has 1 aromatic carbocycles. The van der Waals surface area contributed by atoms with Crippen LogP contribution in [0.1, 0.15) is 11.6 Å². The minimum absolute atomic E-state index is 0.437. The Hall–Kier alpha value is -2.01. The van der Waals surface area contributed by atoms with Crippen molar-refractivity contribution in [2.75, 3.05) is 5.73 Å². The molecule has 0 fully saturated rings. The van der Waals surface area contributed by atoms with Gasteiger partial charge in [0.2, 0.25) is 5.89 Å². The summed E-state index contributed by atoms with van der Waals surface area (Å²) in [7, 11) is 0. The second-order valence-corrected chi connectivity index (χ2v) is 4.44. The van der Waals surface area contributed by atoms with Crippen LogP contribution in [0, 0.1) is 6.92 Å². The van der Waals surface area contributed by atoms with Crippen molar-refractivity contribution in [1.82, 2.24) is 14.8 Å². The molecule has 0 saturated carbocycles. The molecule has 6 heteroatoms. The second-order valence-electron chi connectivity index (χ2n) is 4.04. The van der Waals surface area contributed by atoms with Gasteiger partial charge in [0.1, 0.15) is 12.1 Å². The van der Waals surface area contributed by atoms with Gasteiger partial charge in [-0.1, -0.05) is 17.7 Å². The van der Waals surface area contributed by atoms with Gasteiger partial charge in [-0.15, -0.1) is 0 Å². The van der Waals surface area contributed by atoms with Gasteiger partial charge in [-0.25, -0.2) is 4.98 Å². The maximum atomic E-state index is 5.95. The summed E-state index contributed by atoms with van der Waals surface area (Å²) >= 11 is 5.95. The normalized spacial score (nSPS) is 11.2. The Morgan fingerprint density at radius 3 is 2.94 bits per heavy atom. The van der Waals surface area contributed by atoms with Gasteiger partial charge >= 0.3 is 0 Å². The van der Waals surface area contributed by atoms with Crippen LogP contribution in [0.2, 0.25) is 5.02 Å². The fourth-order valence-corrected chi connectivity index (χ4v) is 1.94. The van der Waals surface area contributed by atoms with Crippen LogP contribution in [-0.2, 0) is 6.54 Å². The molecule has 3 rings (SSSR count). The number of benzene rings is 1. The highest BCUT2D eigenvalue weighted by Gasteiger charge is 2.11. The first-order chi connectivity index (χ1) is 8.65. The lowest BCUT2D eigenvalue weighted by Crippen LogP contribution is -2.03. The van der Waals surface area contributed by atoms with Crippen LogP contribution >= 0.6 is 11.6 Å². The van der Waals surface area contributed by atoms with Crippen molar-refractivity contribution in [2.24, 2.45) is 0 Å². The largest absolute Gasteiger partial charge is 0.439 e. The van der Waals surface area contributed by atoms with Crippen molar-refractivity contribution in [1.29, 1.82) is 0 Å². The molecule has 0 bridgehead atoms. The van der Waals surface area contributed by atoms with Crippen molar-refractivity contribution < 1.29 is 4.42 Å². The van der Waals surface area contributed by atoms with E-state index < -0.39 is 0 Å². The zero-order valence-corrected chi connectivity index (χ0v) is 10.5. The van der Waals surface area contributed by atoms with Crippen LogP contribution in [0.4, 0.5) is 5.69 Å². The Bertz CT molecular complexity index is 716. The third kappa shape index (κ3) is 1.73. The van der Waals surface area contributed by atoms with Gasteiger partial charge in [0.25, 0.3) is 0 Å². The number of nitrogens with zero attached hydrogens (tertiary/aromatic N) is 3. The molecule has 2 N–H and O–H groups in total. The van der Waals surface area contributed by atoms with Crippen LogP contribution in [-0.4, -0.2) is 14.8 Å². The molecule has 0 saturated heterocycles. The van der Waals surface area contributed by atoms with E-state index in [1.165, 1.54) is 0 Å². The fourth-order valence-electron chi connectivity index (χ4n) is 1.79. The van der Waals surface area contributed by atoms with Gasteiger partial charge in [-0.3, -0.25) is 4.68 Å². The van der Waals surface area contributed by atoms with Gasteiger partial charge in [-0.05, 0) is 19.1 Å². The molecule has 0 atom stereocenters. The van der Waals surface area contributed by atoms with Gasteiger partial charge in [0.05, 0.1) is 22.6 Å². The number of para-hydroxylation sites is 1. The van der Waals surface area contributed by atoms with Crippen molar-refractivity contribution in [3.63, 3.8) is 0 Å². The van der Waals surface area contributed by atoms with Crippen LogP contribution < -0.4 is 5.73 Å². The second kappa shape index (κ2) is 4.03. The molecule has 0 radical (unpaired) electrons. The average molecular weight is 263 g/mol. The summed E-state index contributed by atoms with van der Waals surface area (Å²) < 4.78 is 7.36. The number of nitrogen functional groups attached to an aromatic ring is 1. The van der Waals surface area contributed by atoms with Crippen LogP contribution in [0.25, 0.3) is 11.1 Å². The zero-order valence-electron chi connectivity index (χ0n) is 9.72. The first-order valence-electron chi connectivity index (χ1n) is 5.47. The monoisotopic (exact) mass is 262 g/mol. The summed E-state index contributed by atoms with van der Waals surface area (Å²) in [5.41, 5.74) is 8.69. The summed E-state index contributed by atoms with van der Waals surface area (Å²) in [6, 6.07) is 5.47. The van der Waals surface area contributed by atoms with E-state index in [4.69, 9.17) is 21.8 Å². The average Bonchev–Trinajstić information content (AvgIpc) is 2.89. The predicted octanol–water partition coefficient (Wildman–Crippen LogP) is 2.62. The van der Waals surface area contributed by atoms with Gasteiger partial charge in [-0.2, -0.15) is 5.10 Å². The van der Waals surface area contributed by atoms with E-state index in [1.54, 1.807) is 16.9 Å².